The minimum atomic E-state index is -3.10. The molecule has 0 saturated heterocycles. The standard InChI is InChI=1S/C12H24N2O2S/c1-9(2)13-5-6-17(15,16)14-12-8-10-3-4-11(12)7-10/h9-14H,3-8H2,1-2H3. The maximum atomic E-state index is 11.9. The first kappa shape index (κ1) is 13.3. The van der Waals surface area contributed by atoms with Gasteiger partial charge in [0.1, 0.15) is 0 Å². The van der Waals surface area contributed by atoms with E-state index in [0.29, 0.717) is 18.5 Å². The van der Waals surface area contributed by atoms with Crippen molar-refractivity contribution in [2.75, 3.05) is 12.3 Å². The van der Waals surface area contributed by atoms with E-state index in [4.69, 9.17) is 0 Å². The molecule has 0 aliphatic heterocycles. The summed E-state index contributed by atoms with van der Waals surface area (Å²) in [6.45, 7) is 4.58. The van der Waals surface area contributed by atoms with Crippen molar-refractivity contribution in [2.24, 2.45) is 11.8 Å². The van der Waals surface area contributed by atoms with Crippen molar-refractivity contribution < 1.29 is 8.42 Å². The third-order valence-corrected chi connectivity index (χ3v) is 5.40. The van der Waals surface area contributed by atoms with Crippen LogP contribution in [0.4, 0.5) is 0 Å². The first-order valence-corrected chi connectivity index (χ1v) is 8.35. The molecule has 0 aromatic rings. The molecule has 0 spiro atoms. The molecule has 0 aromatic carbocycles. The predicted molar refractivity (Wildman–Crippen MR) is 69.3 cm³/mol. The third-order valence-electron chi connectivity index (χ3n) is 3.99. The van der Waals surface area contributed by atoms with Gasteiger partial charge in [0, 0.05) is 18.6 Å². The van der Waals surface area contributed by atoms with Crippen molar-refractivity contribution in [3.05, 3.63) is 0 Å². The van der Waals surface area contributed by atoms with E-state index in [9.17, 15) is 8.42 Å². The predicted octanol–water partition coefficient (Wildman–Crippen LogP) is 1.09. The fourth-order valence-electron chi connectivity index (χ4n) is 3.16. The van der Waals surface area contributed by atoms with Gasteiger partial charge in [0.05, 0.1) is 5.75 Å². The van der Waals surface area contributed by atoms with Gasteiger partial charge in [0.25, 0.3) is 0 Å². The highest BCUT2D eigenvalue weighted by atomic mass is 32.2. The molecule has 2 aliphatic rings. The van der Waals surface area contributed by atoms with Crippen LogP contribution in [0.2, 0.25) is 0 Å². The molecule has 0 heterocycles. The van der Waals surface area contributed by atoms with Crippen molar-refractivity contribution in [1.82, 2.24) is 10.0 Å². The van der Waals surface area contributed by atoms with E-state index in [2.05, 4.69) is 10.0 Å². The average molecular weight is 260 g/mol. The molecule has 2 saturated carbocycles. The summed E-state index contributed by atoms with van der Waals surface area (Å²) in [5, 5.41) is 3.14. The Bertz CT molecular complexity index is 354. The van der Waals surface area contributed by atoms with E-state index >= 15 is 0 Å². The summed E-state index contributed by atoms with van der Waals surface area (Å²) in [6.07, 6.45) is 4.80. The van der Waals surface area contributed by atoms with Crippen LogP contribution < -0.4 is 10.0 Å². The van der Waals surface area contributed by atoms with E-state index in [1.54, 1.807) is 0 Å². The van der Waals surface area contributed by atoms with Crippen LogP contribution in [0, 0.1) is 11.8 Å². The molecule has 2 bridgehead atoms. The van der Waals surface area contributed by atoms with E-state index in [1.807, 2.05) is 13.8 Å². The van der Waals surface area contributed by atoms with Gasteiger partial charge in [-0.15, -0.1) is 0 Å². The van der Waals surface area contributed by atoms with Crippen LogP contribution >= 0.6 is 0 Å². The molecule has 100 valence electrons. The van der Waals surface area contributed by atoms with Crippen LogP contribution in [0.15, 0.2) is 0 Å². The zero-order valence-electron chi connectivity index (χ0n) is 10.8. The Morgan fingerprint density at radius 1 is 1.24 bits per heavy atom. The Morgan fingerprint density at radius 2 is 2.00 bits per heavy atom. The number of fused-ring (bicyclic) bond motifs is 2. The molecular weight excluding hydrogens is 236 g/mol. The Kier molecular flexibility index (Phi) is 4.10. The fourth-order valence-corrected chi connectivity index (χ4v) is 4.41. The molecule has 2 rings (SSSR count). The monoisotopic (exact) mass is 260 g/mol. The van der Waals surface area contributed by atoms with Crippen molar-refractivity contribution >= 4 is 10.0 Å². The second-order valence-electron chi connectivity index (χ2n) is 5.83. The molecule has 0 amide bonds. The zero-order valence-corrected chi connectivity index (χ0v) is 11.6. The molecule has 2 fully saturated rings. The summed E-state index contributed by atoms with van der Waals surface area (Å²) >= 11 is 0. The van der Waals surface area contributed by atoms with Crippen LogP contribution in [0.5, 0.6) is 0 Å². The average Bonchev–Trinajstić information content (AvgIpc) is 2.76. The van der Waals surface area contributed by atoms with Gasteiger partial charge in [0.15, 0.2) is 0 Å². The minimum absolute atomic E-state index is 0.194. The van der Waals surface area contributed by atoms with Crippen LogP contribution in [0.1, 0.15) is 39.5 Å². The lowest BCUT2D eigenvalue weighted by molar-refractivity contribution is 0.390. The molecule has 0 aromatic heterocycles. The smallest absolute Gasteiger partial charge is 0.213 e. The highest BCUT2D eigenvalue weighted by Crippen LogP contribution is 2.44. The second kappa shape index (κ2) is 5.24. The van der Waals surface area contributed by atoms with Crippen LogP contribution in [-0.4, -0.2) is 32.8 Å². The van der Waals surface area contributed by atoms with Gasteiger partial charge in [-0.25, -0.2) is 13.1 Å². The number of sulfonamides is 1. The van der Waals surface area contributed by atoms with E-state index in [-0.39, 0.29) is 11.8 Å². The normalized spacial score (nSPS) is 32.5. The molecule has 4 nitrogen and oxygen atoms in total. The Hall–Kier alpha value is -0.130. The first-order chi connectivity index (χ1) is 7.96. The maximum Gasteiger partial charge on any atom is 0.213 e. The molecule has 3 atom stereocenters. The van der Waals surface area contributed by atoms with E-state index in [0.717, 1.165) is 12.3 Å². The van der Waals surface area contributed by atoms with Crippen LogP contribution in [0.3, 0.4) is 0 Å². The Morgan fingerprint density at radius 3 is 2.53 bits per heavy atom. The second-order valence-corrected chi connectivity index (χ2v) is 7.70. The summed E-state index contributed by atoms with van der Waals surface area (Å²) in [7, 11) is -3.10. The summed E-state index contributed by atoms with van der Waals surface area (Å²) in [5.74, 6) is 1.58. The fraction of sp³-hybridized carbons (Fsp3) is 1.00. The van der Waals surface area contributed by atoms with E-state index in [1.165, 1.54) is 19.3 Å². The summed E-state index contributed by atoms with van der Waals surface area (Å²) in [4.78, 5) is 0. The number of nitrogens with one attached hydrogen (secondary N) is 2. The summed E-state index contributed by atoms with van der Waals surface area (Å²) in [6, 6.07) is 0.561. The van der Waals surface area contributed by atoms with Crippen molar-refractivity contribution in [3.8, 4) is 0 Å². The van der Waals surface area contributed by atoms with E-state index < -0.39 is 10.0 Å². The highest BCUT2D eigenvalue weighted by molar-refractivity contribution is 7.89. The quantitative estimate of drug-likeness (QED) is 0.751. The number of hydrogen-bond donors (Lipinski definition) is 2. The van der Waals surface area contributed by atoms with Gasteiger partial charge in [-0.05, 0) is 31.1 Å². The number of rotatable bonds is 6. The van der Waals surface area contributed by atoms with Crippen molar-refractivity contribution in [3.63, 3.8) is 0 Å². The molecule has 5 heteroatoms. The largest absolute Gasteiger partial charge is 0.313 e. The Balaban J connectivity index is 1.77. The first-order valence-electron chi connectivity index (χ1n) is 6.69. The Labute approximate surface area is 105 Å². The lowest BCUT2D eigenvalue weighted by atomic mass is 9.96. The zero-order chi connectivity index (χ0) is 12.5. The molecule has 2 N–H and O–H groups in total. The van der Waals surface area contributed by atoms with Gasteiger partial charge in [-0.3, -0.25) is 0 Å². The highest BCUT2D eigenvalue weighted by Gasteiger charge is 2.40. The number of hydrogen-bond acceptors (Lipinski definition) is 3. The van der Waals surface area contributed by atoms with Crippen LogP contribution in [-0.2, 0) is 10.0 Å². The lowest BCUT2D eigenvalue weighted by Gasteiger charge is -2.22. The summed E-state index contributed by atoms with van der Waals surface area (Å²) in [5.41, 5.74) is 0. The topological polar surface area (TPSA) is 58.2 Å². The molecule has 2 aliphatic carbocycles. The van der Waals surface area contributed by atoms with Crippen molar-refractivity contribution in [1.29, 1.82) is 0 Å². The van der Waals surface area contributed by atoms with Gasteiger partial charge in [0.2, 0.25) is 10.0 Å². The maximum absolute atomic E-state index is 11.9. The van der Waals surface area contributed by atoms with Gasteiger partial charge in [-0.2, -0.15) is 0 Å². The lowest BCUT2D eigenvalue weighted by Crippen LogP contribution is -2.42. The SMILES string of the molecule is CC(C)NCCS(=O)(=O)NC1CC2CCC1C2. The van der Waals surface area contributed by atoms with Gasteiger partial charge >= 0.3 is 0 Å². The summed E-state index contributed by atoms with van der Waals surface area (Å²) < 4.78 is 26.7. The minimum Gasteiger partial charge on any atom is -0.313 e. The van der Waals surface area contributed by atoms with Gasteiger partial charge < -0.3 is 5.32 Å². The molecule has 17 heavy (non-hydrogen) atoms. The molecule has 0 radical (unpaired) electrons. The molecular formula is C12H24N2O2S. The van der Waals surface area contributed by atoms with Crippen molar-refractivity contribution in [2.45, 2.75) is 51.6 Å². The van der Waals surface area contributed by atoms with Crippen LogP contribution in [0.25, 0.3) is 0 Å². The molecule has 3 unspecified atom stereocenters. The third kappa shape index (κ3) is 3.66. The van der Waals surface area contributed by atoms with Gasteiger partial charge in [-0.1, -0.05) is 20.3 Å².